The zero-order valence-corrected chi connectivity index (χ0v) is 10.3. The lowest BCUT2D eigenvalue weighted by Crippen LogP contribution is -2.29. The summed E-state index contributed by atoms with van der Waals surface area (Å²) in [7, 11) is 0. The van der Waals surface area contributed by atoms with Crippen LogP contribution in [0.5, 0.6) is 5.75 Å². The van der Waals surface area contributed by atoms with Gasteiger partial charge in [0, 0.05) is 11.8 Å². The van der Waals surface area contributed by atoms with Gasteiger partial charge >= 0.3 is 0 Å². The molecular formula is C13H12BrFO. The summed E-state index contributed by atoms with van der Waals surface area (Å²) in [6, 6.07) is 9.02. The van der Waals surface area contributed by atoms with Crippen LogP contribution in [0.15, 0.2) is 54.1 Å². The van der Waals surface area contributed by atoms with Gasteiger partial charge in [0.25, 0.3) is 5.85 Å². The molecule has 1 atom stereocenters. The van der Waals surface area contributed by atoms with Crippen LogP contribution < -0.4 is 4.74 Å². The fourth-order valence-corrected chi connectivity index (χ4v) is 1.91. The zero-order chi connectivity index (χ0) is 11.4. The average Bonchev–Trinajstić information content (AvgIpc) is 2.31. The number of benzene rings is 1. The molecule has 0 bridgehead atoms. The van der Waals surface area contributed by atoms with Gasteiger partial charge in [-0.2, -0.15) is 4.39 Å². The van der Waals surface area contributed by atoms with Gasteiger partial charge in [-0.25, -0.2) is 0 Å². The van der Waals surface area contributed by atoms with Gasteiger partial charge in [-0.3, -0.25) is 0 Å². The standard InChI is InChI=1S/C13H12BrFO/c14-10-11-6-8-13(15,9-7-11)16-12-4-2-1-3-5-12/h1-8H,9-10H2. The van der Waals surface area contributed by atoms with Crippen LogP contribution in [0.1, 0.15) is 6.42 Å². The van der Waals surface area contributed by atoms with Crippen molar-refractivity contribution in [1.82, 2.24) is 0 Å². The van der Waals surface area contributed by atoms with Gasteiger partial charge < -0.3 is 4.74 Å². The number of alkyl halides is 2. The molecule has 0 saturated heterocycles. The summed E-state index contributed by atoms with van der Waals surface area (Å²) in [5.41, 5.74) is 1.07. The molecule has 16 heavy (non-hydrogen) atoms. The van der Waals surface area contributed by atoms with Gasteiger partial charge in [0.1, 0.15) is 5.75 Å². The van der Waals surface area contributed by atoms with Crippen LogP contribution in [0, 0.1) is 0 Å². The largest absolute Gasteiger partial charge is 0.454 e. The van der Waals surface area contributed by atoms with E-state index < -0.39 is 5.85 Å². The van der Waals surface area contributed by atoms with E-state index in [0.29, 0.717) is 5.75 Å². The Morgan fingerprint density at radius 1 is 1.31 bits per heavy atom. The van der Waals surface area contributed by atoms with E-state index in [9.17, 15) is 4.39 Å². The second-order valence-electron chi connectivity index (χ2n) is 3.65. The van der Waals surface area contributed by atoms with Crippen molar-refractivity contribution in [2.45, 2.75) is 12.3 Å². The summed E-state index contributed by atoms with van der Waals surface area (Å²) in [5, 5.41) is 0.741. The first kappa shape index (κ1) is 11.4. The van der Waals surface area contributed by atoms with Gasteiger partial charge in [-0.05, 0) is 23.8 Å². The number of para-hydroxylation sites is 1. The Labute approximate surface area is 103 Å². The summed E-state index contributed by atoms with van der Waals surface area (Å²) in [4.78, 5) is 0. The van der Waals surface area contributed by atoms with Gasteiger partial charge in [-0.15, -0.1) is 0 Å². The number of hydrogen-bond donors (Lipinski definition) is 0. The van der Waals surface area contributed by atoms with Crippen LogP contribution in [0.25, 0.3) is 0 Å². The van der Waals surface area contributed by atoms with Crippen LogP contribution in [0.3, 0.4) is 0 Å². The molecule has 1 nitrogen and oxygen atoms in total. The van der Waals surface area contributed by atoms with Crippen LogP contribution in [-0.4, -0.2) is 11.2 Å². The van der Waals surface area contributed by atoms with Crippen molar-refractivity contribution in [3.05, 3.63) is 54.1 Å². The summed E-state index contributed by atoms with van der Waals surface area (Å²) in [6.45, 7) is 0. The molecule has 0 heterocycles. The van der Waals surface area contributed by atoms with Crippen LogP contribution in [0.2, 0.25) is 0 Å². The lowest BCUT2D eigenvalue weighted by atomic mass is 10.0. The molecule has 3 heteroatoms. The maximum absolute atomic E-state index is 14.2. The molecule has 0 aromatic heterocycles. The van der Waals surface area contributed by atoms with E-state index in [4.69, 9.17) is 4.74 Å². The minimum atomic E-state index is -1.72. The molecule has 0 aliphatic heterocycles. The first-order chi connectivity index (χ1) is 7.72. The maximum atomic E-state index is 14.2. The Morgan fingerprint density at radius 2 is 2.06 bits per heavy atom. The van der Waals surface area contributed by atoms with E-state index in [0.717, 1.165) is 10.9 Å². The van der Waals surface area contributed by atoms with Gasteiger partial charge in [0.2, 0.25) is 0 Å². The molecule has 0 fully saturated rings. The lowest BCUT2D eigenvalue weighted by Gasteiger charge is -2.24. The van der Waals surface area contributed by atoms with Crippen LogP contribution >= 0.6 is 15.9 Å². The van der Waals surface area contributed by atoms with Gasteiger partial charge in [-0.1, -0.05) is 46.3 Å². The Morgan fingerprint density at radius 3 is 2.62 bits per heavy atom. The summed E-state index contributed by atoms with van der Waals surface area (Å²) < 4.78 is 19.5. The third-order valence-corrected chi connectivity index (χ3v) is 3.02. The highest BCUT2D eigenvalue weighted by molar-refractivity contribution is 9.09. The number of hydrogen-bond acceptors (Lipinski definition) is 1. The smallest absolute Gasteiger partial charge is 0.271 e. The molecule has 84 valence electrons. The number of allylic oxidation sites excluding steroid dienone is 2. The van der Waals surface area contributed by atoms with E-state index in [2.05, 4.69) is 15.9 Å². The molecule has 1 unspecified atom stereocenters. The molecule has 1 aliphatic rings. The van der Waals surface area contributed by atoms with E-state index in [1.54, 1.807) is 18.2 Å². The molecular weight excluding hydrogens is 271 g/mol. The van der Waals surface area contributed by atoms with Crippen molar-refractivity contribution in [2.75, 3.05) is 5.33 Å². The quantitative estimate of drug-likeness (QED) is 0.761. The van der Waals surface area contributed by atoms with Crippen LogP contribution in [-0.2, 0) is 0 Å². The van der Waals surface area contributed by atoms with Crippen molar-refractivity contribution < 1.29 is 9.13 Å². The Balaban J connectivity index is 2.07. The summed E-state index contributed by atoms with van der Waals surface area (Å²) in [6.07, 6.45) is 5.31. The van der Waals surface area contributed by atoms with E-state index in [1.807, 2.05) is 24.3 Å². The third-order valence-electron chi connectivity index (χ3n) is 2.37. The molecule has 0 radical (unpaired) electrons. The topological polar surface area (TPSA) is 9.23 Å². The molecule has 2 rings (SSSR count). The highest BCUT2D eigenvalue weighted by Crippen LogP contribution is 2.29. The van der Waals surface area contributed by atoms with Crippen molar-refractivity contribution >= 4 is 15.9 Å². The SMILES string of the molecule is FC1(Oc2ccccc2)C=CC(CBr)=CC1. The molecule has 1 aromatic rings. The van der Waals surface area contributed by atoms with Gasteiger partial charge in [0.15, 0.2) is 0 Å². The third kappa shape index (κ3) is 2.73. The highest BCUT2D eigenvalue weighted by atomic mass is 79.9. The highest BCUT2D eigenvalue weighted by Gasteiger charge is 2.29. The fraction of sp³-hybridized carbons (Fsp3) is 0.231. The minimum absolute atomic E-state index is 0.249. The molecule has 0 spiro atoms. The average molecular weight is 283 g/mol. The number of ether oxygens (including phenoxy) is 1. The monoisotopic (exact) mass is 282 g/mol. The predicted octanol–water partition coefficient (Wildman–Crippen LogP) is 4.01. The predicted molar refractivity (Wildman–Crippen MR) is 66.5 cm³/mol. The minimum Gasteiger partial charge on any atom is -0.454 e. The molecule has 1 aromatic carbocycles. The first-order valence-corrected chi connectivity index (χ1v) is 6.21. The Kier molecular flexibility index (Phi) is 3.44. The van der Waals surface area contributed by atoms with E-state index in [1.165, 1.54) is 6.08 Å². The number of rotatable bonds is 3. The zero-order valence-electron chi connectivity index (χ0n) is 8.70. The summed E-state index contributed by atoms with van der Waals surface area (Å²) >= 11 is 3.33. The fourth-order valence-electron chi connectivity index (χ4n) is 1.50. The molecule has 0 saturated carbocycles. The first-order valence-electron chi connectivity index (χ1n) is 5.09. The van der Waals surface area contributed by atoms with Gasteiger partial charge in [0.05, 0.1) is 0 Å². The van der Waals surface area contributed by atoms with Crippen molar-refractivity contribution in [2.24, 2.45) is 0 Å². The number of halogens is 2. The summed E-state index contributed by atoms with van der Waals surface area (Å²) in [5.74, 6) is -1.17. The second-order valence-corrected chi connectivity index (χ2v) is 4.21. The molecule has 0 N–H and O–H groups in total. The normalized spacial score (nSPS) is 24.0. The second kappa shape index (κ2) is 4.83. The Hall–Kier alpha value is -1.09. The van der Waals surface area contributed by atoms with Crippen LogP contribution in [0.4, 0.5) is 4.39 Å². The van der Waals surface area contributed by atoms with Crippen molar-refractivity contribution in [1.29, 1.82) is 0 Å². The van der Waals surface area contributed by atoms with Crippen molar-refractivity contribution in [3.63, 3.8) is 0 Å². The lowest BCUT2D eigenvalue weighted by molar-refractivity contribution is -0.0131. The Bertz CT molecular complexity index is 413. The molecule has 0 amide bonds. The van der Waals surface area contributed by atoms with E-state index in [-0.39, 0.29) is 6.42 Å². The molecule has 1 aliphatic carbocycles. The van der Waals surface area contributed by atoms with Crippen molar-refractivity contribution in [3.8, 4) is 5.75 Å². The maximum Gasteiger partial charge on any atom is 0.271 e. The van der Waals surface area contributed by atoms with E-state index >= 15 is 0 Å².